The van der Waals surface area contributed by atoms with Crippen molar-refractivity contribution in [1.29, 1.82) is 0 Å². The Morgan fingerprint density at radius 3 is 2.69 bits per heavy atom. The first-order chi connectivity index (χ1) is 17.3. The molecule has 4 rings (SSSR count). The average Bonchev–Trinajstić information content (AvgIpc) is 3.34. The van der Waals surface area contributed by atoms with Crippen LogP contribution in [0.3, 0.4) is 0 Å². The second-order valence-electron chi connectivity index (χ2n) is 8.90. The molecule has 2 aromatic heterocycles. The predicted octanol–water partition coefficient (Wildman–Crippen LogP) is 3.88. The summed E-state index contributed by atoms with van der Waals surface area (Å²) in [7, 11) is 0. The number of hydrogen-bond acceptors (Lipinski definition) is 6. The molecule has 2 heterocycles. The van der Waals surface area contributed by atoms with E-state index in [1.165, 1.54) is 12.1 Å². The van der Waals surface area contributed by atoms with Gasteiger partial charge in [0.1, 0.15) is 11.5 Å². The molecule has 190 valence electrons. The smallest absolute Gasteiger partial charge is 0.270 e. The van der Waals surface area contributed by atoms with Crippen molar-refractivity contribution in [3.63, 3.8) is 0 Å². The first-order valence-corrected chi connectivity index (χ1v) is 13.6. The van der Waals surface area contributed by atoms with E-state index in [-0.39, 0.29) is 35.1 Å². The number of amides is 2. The molecule has 0 bridgehead atoms. The summed E-state index contributed by atoms with van der Waals surface area (Å²) < 4.78 is 13.8. The van der Waals surface area contributed by atoms with Gasteiger partial charge in [0.25, 0.3) is 5.91 Å². The van der Waals surface area contributed by atoms with Crippen molar-refractivity contribution in [3.05, 3.63) is 58.1 Å². The van der Waals surface area contributed by atoms with Crippen molar-refractivity contribution in [1.82, 2.24) is 35.8 Å². The maximum atomic E-state index is 13.4. The van der Waals surface area contributed by atoms with Crippen molar-refractivity contribution < 1.29 is 14.0 Å². The highest BCUT2D eigenvalue weighted by Gasteiger charge is 2.23. The van der Waals surface area contributed by atoms with Gasteiger partial charge in [-0.25, -0.2) is 9.37 Å². The fourth-order valence-corrected chi connectivity index (χ4v) is 4.68. The van der Waals surface area contributed by atoms with Crippen molar-refractivity contribution in [2.24, 2.45) is 5.92 Å². The lowest BCUT2D eigenvalue weighted by atomic mass is 9.86. The van der Waals surface area contributed by atoms with E-state index < -0.39 is 5.82 Å². The fourth-order valence-electron chi connectivity index (χ4n) is 4.26. The number of nitrogens with zero attached hydrogens (tertiary/aromatic N) is 5. The van der Waals surface area contributed by atoms with Crippen LogP contribution in [0.5, 0.6) is 0 Å². The lowest BCUT2D eigenvalue weighted by molar-refractivity contribution is -0.119. The van der Waals surface area contributed by atoms with Gasteiger partial charge in [-0.05, 0) is 73.6 Å². The quantitative estimate of drug-likeness (QED) is 0.290. The van der Waals surface area contributed by atoms with Crippen LogP contribution in [-0.4, -0.2) is 47.5 Å². The van der Waals surface area contributed by atoms with Gasteiger partial charge in [0.2, 0.25) is 11.7 Å². The standard InChI is InChI=1S/C24H26ClFIN7O2/c1-14-8-17(10-21(29-14)24(36)28-12-16-4-7-20(26)19(25)9-16)23-31-33-34(32-23)13-15-2-5-18(6-3-15)30-22(35)11-27/h4,7-10,15,18H,2-3,5-6,11-13H2,1H3,(H,28,36)(H,30,35). The zero-order valence-electron chi connectivity index (χ0n) is 19.7. The number of halogens is 3. The Kier molecular flexibility index (Phi) is 8.83. The van der Waals surface area contributed by atoms with E-state index in [4.69, 9.17) is 11.6 Å². The van der Waals surface area contributed by atoms with Gasteiger partial charge >= 0.3 is 0 Å². The van der Waals surface area contributed by atoms with Crippen LogP contribution in [0.15, 0.2) is 30.3 Å². The molecule has 36 heavy (non-hydrogen) atoms. The average molecular weight is 626 g/mol. The minimum atomic E-state index is -0.509. The van der Waals surface area contributed by atoms with E-state index in [1.54, 1.807) is 29.9 Å². The molecular formula is C24H26ClFIN7O2. The van der Waals surface area contributed by atoms with Gasteiger partial charge in [-0.3, -0.25) is 9.59 Å². The third kappa shape index (κ3) is 6.96. The van der Waals surface area contributed by atoms with Crippen molar-refractivity contribution >= 4 is 46.0 Å². The summed E-state index contributed by atoms with van der Waals surface area (Å²) in [6, 6.07) is 7.97. The highest BCUT2D eigenvalue weighted by atomic mass is 127. The second-order valence-corrected chi connectivity index (χ2v) is 10.1. The van der Waals surface area contributed by atoms with Crippen LogP contribution in [0, 0.1) is 18.7 Å². The zero-order valence-corrected chi connectivity index (χ0v) is 22.6. The highest BCUT2D eigenvalue weighted by molar-refractivity contribution is 14.1. The number of carbonyl (C=O) groups excluding carboxylic acids is 2. The van der Waals surface area contributed by atoms with E-state index >= 15 is 0 Å². The van der Waals surface area contributed by atoms with Crippen LogP contribution >= 0.6 is 34.2 Å². The molecule has 1 aromatic carbocycles. The predicted molar refractivity (Wildman–Crippen MR) is 141 cm³/mol. The van der Waals surface area contributed by atoms with Crippen molar-refractivity contribution in [3.8, 4) is 11.4 Å². The minimum absolute atomic E-state index is 0.00267. The Morgan fingerprint density at radius 1 is 1.19 bits per heavy atom. The number of hydrogen-bond donors (Lipinski definition) is 2. The zero-order chi connectivity index (χ0) is 25.7. The number of pyridine rings is 1. The van der Waals surface area contributed by atoms with Gasteiger partial charge in [0.15, 0.2) is 0 Å². The normalized spacial score (nSPS) is 17.6. The van der Waals surface area contributed by atoms with Crippen LogP contribution in [0.1, 0.15) is 47.4 Å². The van der Waals surface area contributed by atoms with Crippen LogP contribution in [0.25, 0.3) is 11.4 Å². The molecule has 0 unspecified atom stereocenters. The molecule has 0 saturated heterocycles. The molecule has 1 fully saturated rings. The second kappa shape index (κ2) is 12.0. The number of benzene rings is 1. The minimum Gasteiger partial charge on any atom is -0.353 e. The van der Waals surface area contributed by atoms with Crippen LogP contribution < -0.4 is 10.6 Å². The molecule has 0 spiro atoms. The molecule has 0 radical (unpaired) electrons. The topological polar surface area (TPSA) is 115 Å². The van der Waals surface area contributed by atoms with Crippen molar-refractivity contribution in [2.45, 2.75) is 51.7 Å². The lowest BCUT2D eigenvalue weighted by Crippen LogP contribution is -2.38. The summed E-state index contributed by atoms with van der Waals surface area (Å²) >= 11 is 7.88. The van der Waals surface area contributed by atoms with Crippen LogP contribution in [0.2, 0.25) is 5.02 Å². The number of nitrogens with one attached hydrogen (secondary N) is 2. The molecule has 2 N–H and O–H groups in total. The number of tetrazole rings is 1. The Labute approximate surface area is 226 Å². The summed E-state index contributed by atoms with van der Waals surface area (Å²) in [6.45, 7) is 2.62. The summed E-state index contributed by atoms with van der Waals surface area (Å²) in [6.07, 6.45) is 3.86. The van der Waals surface area contributed by atoms with E-state index in [0.29, 0.717) is 39.5 Å². The molecule has 0 atom stereocenters. The van der Waals surface area contributed by atoms with Gasteiger partial charge in [0.05, 0.1) is 16.0 Å². The molecule has 3 aromatic rings. The van der Waals surface area contributed by atoms with Gasteiger partial charge in [-0.15, -0.1) is 10.2 Å². The van der Waals surface area contributed by atoms with Gasteiger partial charge in [-0.2, -0.15) is 4.80 Å². The van der Waals surface area contributed by atoms with E-state index in [1.807, 2.05) is 0 Å². The first kappa shape index (κ1) is 26.4. The lowest BCUT2D eigenvalue weighted by Gasteiger charge is -2.28. The Balaban J connectivity index is 1.36. The largest absolute Gasteiger partial charge is 0.353 e. The third-order valence-electron chi connectivity index (χ3n) is 6.09. The summed E-state index contributed by atoms with van der Waals surface area (Å²) in [4.78, 5) is 30.2. The summed E-state index contributed by atoms with van der Waals surface area (Å²) in [5, 5.41) is 18.8. The Bertz CT molecular complexity index is 1250. The molecule has 1 saturated carbocycles. The fraction of sp³-hybridized carbons (Fsp3) is 0.417. The number of rotatable bonds is 8. The molecule has 12 heteroatoms. The highest BCUT2D eigenvalue weighted by Crippen LogP contribution is 2.26. The molecule has 1 aliphatic rings. The molecule has 9 nitrogen and oxygen atoms in total. The maximum absolute atomic E-state index is 13.4. The van der Waals surface area contributed by atoms with Crippen LogP contribution in [0.4, 0.5) is 4.39 Å². The molecule has 0 aliphatic heterocycles. The van der Waals surface area contributed by atoms with E-state index in [9.17, 15) is 14.0 Å². The third-order valence-corrected chi connectivity index (χ3v) is 7.07. The SMILES string of the molecule is Cc1cc(-c2nnn(CC3CCC(NC(=O)CI)CC3)n2)cc(C(=O)NCc2ccc(F)c(Cl)c2)n1. The Morgan fingerprint density at radius 2 is 1.97 bits per heavy atom. The summed E-state index contributed by atoms with van der Waals surface area (Å²) in [5.41, 5.74) is 2.19. The molecular weight excluding hydrogens is 600 g/mol. The van der Waals surface area contributed by atoms with Crippen LogP contribution in [-0.2, 0) is 17.9 Å². The van der Waals surface area contributed by atoms with Gasteiger partial charge in [-0.1, -0.05) is 40.3 Å². The molecule has 2 amide bonds. The first-order valence-electron chi connectivity index (χ1n) is 11.6. The maximum Gasteiger partial charge on any atom is 0.270 e. The number of aromatic nitrogens is 5. The summed E-state index contributed by atoms with van der Waals surface area (Å²) in [5.74, 6) is 0.0368. The number of alkyl halides is 1. The van der Waals surface area contributed by atoms with E-state index in [0.717, 1.165) is 25.7 Å². The monoisotopic (exact) mass is 625 g/mol. The number of carbonyl (C=O) groups is 2. The van der Waals surface area contributed by atoms with Gasteiger partial charge < -0.3 is 10.6 Å². The number of aryl methyl sites for hydroxylation is 1. The molecule has 1 aliphatic carbocycles. The van der Waals surface area contributed by atoms with Gasteiger partial charge in [0, 0.05) is 23.8 Å². The Hall–Kier alpha value is -2.67. The van der Waals surface area contributed by atoms with E-state index in [2.05, 4.69) is 53.6 Å². The van der Waals surface area contributed by atoms with Crippen molar-refractivity contribution in [2.75, 3.05) is 4.43 Å².